The van der Waals surface area contributed by atoms with Crippen molar-refractivity contribution < 1.29 is 4.79 Å². The molecule has 0 unspecified atom stereocenters. The molecule has 0 saturated carbocycles. The maximum Gasteiger partial charge on any atom is 0.324 e. The first-order chi connectivity index (χ1) is 9.04. The van der Waals surface area contributed by atoms with Gasteiger partial charge in [-0.15, -0.1) is 0 Å². The first-order valence-corrected chi connectivity index (χ1v) is 6.75. The van der Waals surface area contributed by atoms with E-state index in [1.165, 1.54) is 0 Å². The van der Waals surface area contributed by atoms with Gasteiger partial charge in [-0.05, 0) is 46.3 Å². The zero-order chi connectivity index (χ0) is 13.8. The number of carbonyl (C=O) groups is 1. The Morgan fingerprint density at radius 3 is 2.68 bits per heavy atom. The number of carbonyl (C=O) groups excluding carboxylic acids is 1. The topological polar surface area (TPSA) is 54.0 Å². The van der Waals surface area contributed by atoms with Crippen molar-refractivity contribution in [2.24, 2.45) is 0 Å². The minimum atomic E-state index is -0.449. The van der Waals surface area contributed by atoms with E-state index in [1.54, 1.807) is 36.4 Å². The van der Waals surface area contributed by atoms with Crippen LogP contribution in [-0.4, -0.2) is 11.0 Å². The number of anilines is 2. The number of urea groups is 1. The Hall–Kier alpha value is -1.30. The smallest absolute Gasteiger partial charge is 0.306 e. The fourth-order valence-electron chi connectivity index (χ4n) is 1.34. The fraction of sp³-hybridized carbons (Fsp3) is 0. The van der Waals surface area contributed by atoms with Crippen LogP contribution < -0.4 is 10.6 Å². The summed E-state index contributed by atoms with van der Waals surface area (Å²) < 4.78 is 0.631. The highest BCUT2D eigenvalue weighted by atomic mass is 79.9. The molecule has 0 bridgehead atoms. The number of amides is 2. The van der Waals surface area contributed by atoms with Crippen molar-refractivity contribution in [2.45, 2.75) is 0 Å². The molecule has 0 aliphatic carbocycles. The monoisotopic (exact) mass is 359 g/mol. The molecule has 0 fully saturated rings. The number of pyridine rings is 1. The summed E-state index contributed by atoms with van der Waals surface area (Å²) in [6.07, 6.45) is 0. The van der Waals surface area contributed by atoms with Gasteiger partial charge in [-0.2, -0.15) is 0 Å². The molecular formula is C12H8BrCl2N3O. The summed E-state index contributed by atoms with van der Waals surface area (Å²) in [7, 11) is 0. The normalized spacial score (nSPS) is 10.1. The maximum atomic E-state index is 11.8. The van der Waals surface area contributed by atoms with Crippen LogP contribution in [0.4, 0.5) is 16.3 Å². The molecule has 2 amide bonds. The van der Waals surface area contributed by atoms with Crippen molar-refractivity contribution in [2.75, 3.05) is 10.6 Å². The van der Waals surface area contributed by atoms with Crippen LogP contribution in [0, 0.1) is 0 Å². The Morgan fingerprint density at radius 1 is 1.16 bits per heavy atom. The zero-order valence-electron chi connectivity index (χ0n) is 9.45. The third-order valence-electron chi connectivity index (χ3n) is 2.13. The molecule has 0 atom stereocenters. The first kappa shape index (κ1) is 14.1. The molecule has 2 N–H and O–H groups in total. The summed E-state index contributed by atoms with van der Waals surface area (Å²) >= 11 is 15.0. The van der Waals surface area contributed by atoms with E-state index in [0.29, 0.717) is 26.2 Å². The van der Waals surface area contributed by atoms with Gasteiger partial charge in [-0.3, -0.25) is 5.32 Å². The first-order valence-electron chi connectivity index (χ1n) is 5.20. The van der Waals surface area contributed by atoms with Gasteiger partial charge in [0, 0.05) is 5.02 Å². The van der Waals surface area contributed by atoms with Crippen LogP contribution in [-0.2, 0) is 0 Å². The van der Waals surface area contributed by atoms with Gasteiger partial charge in [0.05, 0.1) is 10.7 Å². The van der Waals surface area contributed by atoms with E-state index in [9.17, 15) is 4.79 Å². The minimum Gasteiger partial charge on any atom is -0.306 e. The van der Waals surface area contributed by atoms with E-state index in [0.717, 1.165) is 0 Å². The molecule has 2 rings (SSSR count). The highest BCUT2D eigenvalue weighted by Gasteiger charge is 2.07. The highest BCUT2D eigenvalue weighted by molar-refractivity contribution is 9.10. The molecule has 0 aliphatic rings. The summed E-state index contributed by atoms with van der Waals surface area (Å²) in [6, 6.07) is 9.56. The number of benzene rings is 1. The molecule has 2 aromatic rings. The lowest BCUT2D eigenvalue weighted by Gasteiger charge is -2.09. The van der Waals surface area contributed by atoms with Crippen LogP contribution >= 0.6 is 39.1 Å². The molecule has 0 aliphatic heterocycles. The van der Waals surface area contributed by atoms with Gasteiger partial charge in [0.25, 0.3) is 0 Å². The molecule has 1 aromatic heterocycles. The Balaban J connectivity index is 2.07. The average molecular weight is 361 g/mol. The predicted molar refractivity (Wildman–Crippen MR) is 81.0 cm³/mol. The summed E-state index contributed by atoms with van der Waals surface area (Å²) in [4.78, 5) is 15.9. The fourth-order valence-corrected chi connectivity index (χ4v) is 2.02. The zero-order valence-corrected chi connectivity index (χ0v) is 12.6. The van der Waals surface area contributed by atoms with E-state index < -0.39 is 6.03 Å². The third-order valence-corrected chi connectivity index (χ3v) is 3.14. The molecule has 0 saturated heterocycles. The second-order valence-electron chi connectivity index (χ2n) is 3.55. The van der Waals surface area contributed by atoms with Crippen molar-refractivity contribution in [1.82, 2.24) is 4.98 Å². The molecule has 7 heteroatoms. The van der Waals surface area contributed by atoms with Gasteiger partial charge >= 0.3 is 6.03 Å². The number of hydrogen-bond acceptors (Lipinski definition) is 2. The summed E-state index contributed by atoms with van der Waals surface area (Å²) in [5, 5.41) is 6.07. The Kier molecular flexibility index (Phi) is 4.63. The maximum absolute atomic E-state index is 11.8. The predicted octanol–water partition coefficient (Wildman–Crippen LogP) is 4.79. The molecule has 0 spiro atoms. The van der Waals surface area contributed by atoms with Crippen LogP contribution in [0.25, 0.3) is 0 Å². The number of halogens is 3. The third kappa shape index (κ3) is 4.09. The van der Waals surface area contributed by atoms with E-state index in [1.807, 2.05) is 0 Å². The Bertz CT molecular complexity index is 622. The van der Waals surface area contributed by atoms with Crippen molar-refractivity contribution in [3.63, 3.8) is 0 Å². The highest BCUT2D eigenvalue weighted by Crippen LogP contribution is 2.25. The van der Waals surface area contributed by atoms with Gasteiger partial charge in [0.2, 0.25) is 0 Å². The number of nitrogens with one attached hydrogen (secondary N) is 2. The van der Waals surface area contributed by atoms with E-state index in [-0.39, 0.29) is 0 Å². The average Bonchev–Trinajstić information content (AvgIpc) is 2.34. The summed E-state index contributed by atoms with van der Waals surface area (Å²) in [6.45, 7) is 0. The summed E-state index contributed by atoms with van der Waals surface area (Å²) in [5.41, 5.74) is 0.432. The molecule has 4 nitrogen and oxygen atoms in total. The van der Waals surface area contributed by atoms with E-state index in [2.05, 4.69) is 31.5 Å². The molecule has 19 heavy (non-hydrogen) atoms. The van der Waals surface area contributed by atoms with Crippen LogP contribution in [0.2, 0.25) is 10.0 Å². The van der Waals surface area contributed by atoms with Crippen molar-refractivity contribution in [3.8, 4) is 0 Å². The lowest BCUT2D eigenvalue weighted by molar-refractivity contribution is 0.262. The van der Waals surface area contributed by atoms with Gasteiger partial charge in [0.1, 0.15) is 10.4 Å². The molecule has 1 heterocycles. The minimum absolute atomic E-state index is 0.404. The summed E-state index contributed by atoms with van der Waals surface area (Å²) in [5.74, 6) is 0.421. The molecule has 98 valence electrons. The second kappa shape index (κ2) is 6.23. The van der Waals surface area contributed by atoms with Crippen LogP contribution in [0.1, 0.15) is 0 Å². The largest absolute Gasteiger partial charge is 0.324 e. The van der Waals surface area contributed by atoms with Crippen LogP contribution in [0.5, 0.6) is 0 Å². The number of rotatable bonds is 2. The van der Waals surface area contributed by atoms with Crippen molar-refractivity contribution >= 4 is 56.7 Å². The van der Waals surface area contributed by atoms with Gasteiger partial charge in [-0.1, -0.05) is 29.3 Å². The van der Waals surface area contributed by atoms with Crippen LogP contribution in [0.15, 0.2) is 41.0 Å². The molecule has 1 aromatic carbocycles. The second-order valence-corrected chi connectivity index (χ2v) is 5.20. The lowest BCUT2D eigenvalue weighted by atomic mass is 10.3. The lowest BCUT2D eigenvalue weighted by Crippen LogP contribution is -2.20. The van der Waals surface area contributed by atoms with Gasteiger partial charge in [0.15, 0.2) is 0 Å². The van der Waals surface area contributed by atoms with Gasteiger partial charge < -0.3 is 5.32 Å². The van der Waals surface area contributed by atoms with Gasteiger partial charge in [-0.25, -0.2) is 9.78 Å². The number of hydrogen-bond donors (Lipinski definition) is 2. The van der Waals surface area contributed by atoms with Crippen molar-refractivity contribution in [3.05, 3.63) is 51.0 Å². The number of nitrogens with zero attached hydrogens (tertiary/aromatic N) is 1. The Morgan fingerprint density at radius 2 is 1.95 bits per heavy atom. The standard InChI is InChI=1S/C12H8BrCl2N3O/c13-10-2-1-3-11(17-10)18-12(19)16-9-6-7(14)4-5-8(9)15/h1-6H,(H2,16,17,18,19). The number of aromatic nitrogens is 1. The Labute approximate surface area is 128 Å². The van der Waals surface area contributed by atoms with E-state index in [4.69, 9.17) is 23.2 Å². The SMILES string of the molecule is O=C(Nc1cccc(Br)n1)Nc1cc(Cl)ccc1Cl. The quantitative estimate of drug-likeness (QED) is 0.756. The van der Waals surface area contributed by atoms with E-state index >= 15 is 0 Å². The molecular weight excluding hydrogens is 353 g/mol. The van der Waals surface area contributed by atoms with Crippen molar-refractivity contribution in [1.29, 1.82) is 0 Å². The van der Waals surface area contributed by atoms with Crippen LogP contribution in [0.3, 0.4) is 0 Å². The molecule has 0 radical (unpaired) electrons.